The normalized spacial score (nSPS) is 17.2. The number of anilines is 2. The molecule has 0 bridgehead atoms. The summed E-state index contributed by atoms with van der Waals surface area (Å²) in [5, 5.41) is 5.87. The van der Waals surface area contributed by atoms with Crippen LogP contribution in [0.1, 0.15) is 39.4 Å². The van der Waals surface area contributed by atoms with Gasteiger partial charge in [0, 0.05) is 29.3 Å². The van der Waals surface area contributed by atoms with Gasteiger partial charge in [-0.05, 0) is 61.6 Å². The number of hydrogen-bond acceptors (Lipinski definition) is 5. The van der Waals surface area contributed by atoms with Gasteiger partial charge in [0.2, 0.25) is 5.91 Å². The molecule has 2 N–H and O–H groups in total. The van der Waals surface area contributed by atoms with Gasteiger partial charge in [-0.3, -0.25) is 14.5 Å². The first-order valence-electron chi connectivity index (χ1n) is 10.3. The van der Waals surface area contributed by atoms with E-state index in [1.807, 2.05) is 24.3 Å². The third kappa shape index (κ3) is 5.44. The first-order chi connectivity index (χ1) is 14.2. The summed E-state index contributed by atoms with van der Waals surface area (Å²) in [5.74, 6) is -0.101. The molecule has 2 amide bonds. The molecule has 0 atom stereocenters. The minimum atomic E-state index is -0.0628. The van der Waals surface area contributed by atoms with Gasteiger partial charge >= 0.3 is 0 Å². The third-order valence-electron chi connectivity index (χ3n) is 5.37. The van der Waals surface area contributed by atoms with Crippen molar-refractivity contribution in [2.75, 3.05) is 43.5 Å². The molecular weight excluding hydrogens is 386 g/mol. The lowest BCUT2D eigenvalue weighted by atomic mass is 10.1. The van der Waals surface area contributed by atoms with Crippen LogP contribution in [0.4, 0.5) is 11.4 Å². The molecule has 0 unspecified atom stereocenters. The number of carbonyl (C=O) groups is 2. The Balaban J connectivity index is 1.31. The van der Waals surface area contributed by atoms with Crippen molar-refractivity contribution in [1.82, 2.24) is 4.90 Å². The molecule has 1 aromatic carbocycles. The fourth-order valence-corrected chi connectivity index (χ4v) is 4.92. The lowest BCUT2D eigenvalue weighted by Gasteiger charge is -2.25. The lowest BCUT2D eigenvalue weighted by molar-refractivity contribution is -0.118. The Hall–Kier alpha value is -2.22. The maximum Gasteiger partial charge on any atom is 0.265 e. The smallest absolute Gasteiger partial charge is 0.265 e. The zero-order valence-electron chi connectivity index (χ0n) is 16.5. The van der Waals surface area contributed by atoms with Crippen molar-refractivity contribution in [1.29, 1.82) is 0 Å². The molecule has 2 aromatic rings. The van der Waals surface area contributed by atoms with E-state index in [-0.39, 0.29) is 11.8 Å². The van der Waals surface area contributed by atoms with E-state index in [0.29, 0.717) is 19.8 Å². The number of morpholine rings is 1. The van der Waals surface area contributed by atoms with Crippen LogP contribution in [-0.4, -0.2) is 49.6 Å². The van der Waals surface area contributed by atoms with Crippen LogP contribution in [-0.2, 0) is 22.4 Å². The number of nitrogens with one attached hydrogen (secondary N) is 2. The van der Waals surface area contributed by atoms with Crippen LogP contribution in [0.3, 0.4) is 0 Å². The lowest BCUT2D eigenvalue weighted by Crippen LogP contribution is -2.41. The topological polar surface area (TPSA) is 70.7 Å². The highest BCUT2D eigenvalue weighted by Gasteiger charge is 2.17. The first-order valence-corrected chi connectivity index (χ1v) is 11.1. The first kappa shape index (κ1) is 20.1. The highest BCUT2D eigenvalue weighted by molar-refractivity contribution is 7.14. The van der Waals surface area contributed by atoms with Crippen LogP contribution in [0.2, 0.25) is 0 Å². The van der Waals surface area contributed by atoms with Crippen molar-refractivity contribution in [3.8, 4) is 0 Å². The standard InChI is InChI=1S/C22H27N3O3S/c26-21(15-25-10-12-28-13-11-25)23-17-6-8-18(9-7-17)24-22(27)20-14-16-4-2-1-3-5-19(16)29-20/h6-9,14H,1-5,10-13,15H2,(H,23,26)(H,24,27). The second-order valence-electron chi connectivity index (χ2n) is 7.59. The number of aryl methyl sites for hydroxylation is 2. The summed E-state index contributed by atoms with van der Waals surface area (Å²) in [6.07, 6.45) is 5.87. The fraction of sp³-hybridized carbons (Fsp3) is 0.455. The minimum absolute atomic E-state index is 0.0382. The second kappa shape index (κ2) is 9.52. The fourth-order valence-electron chi connectivity index (χ4n) is 3.77. The molecule has 2 heterocycles. The van der Waals surface area contributed by atoms with E-state index in [9.17, 15) is 9.59 Å². The van der Waals surface area contributed by atoms with Gasteiger partial charge in [-0.15, -0.1) is 11.3 Å². The Morgan fingerprint density at radius 2 is 1.66 bits per heavy atom. The van der Waals surface area contributed by atoms with Crippen molar-refractivity contribution >= 4 is 34.5 Å². The number of ether oxygens (including phenoxy) is 1. The Bertz CT molecular complexity index is 833. The number of hydrogen-bond donors (Lipinski definition) is 2. The number of fused-ring (bicyclic) bond motifs is 1. The summed E-state index contributed by atoms with van der Waals surface area (Å²) < 4.78 is 5.30. The minimum Gasteiger partial charge on any atom is -0.379 e. The second-order valence-corrected chi connectivity index (χ2v) is 8.72. The van der Waals surface area contributed by atoms with Crippen LogP contribution in [0.5, 0.6) is 0 Å². The molecule has 2 aliphatic rings. The van der Waals surface area contributed by atoms with E-state index in [4.69, 9.17) is 4.74 Å². The van der Waals surface area contributed by atoms with Gasteiger partial charge in [0.1, 0.15) is 0 Å². The molecule has 154 valence electrons. The molecule has 1 aliphatic carbocycles. The van der Waals surface area contributed by atoms with Crippen LogP contribution in [0.15, 0.2) is 30.3 Å². The van der Waals surface area contributed by atoms with Crippen LogP contribution in [0, 0.1) is 0 Å². The Labute approximate surface area is 175 Å². The molecule has 0 spiro atoms. The van der Waals surface area contributed by atoms with Crippen LogP contribution >= 0.6 is 11.3 Å². The van der Waals surface area contributed by atoms with Crippen molar-refractivity contribution in [3.63, 3.8) is 0 Å². The summed E-state index contributed by atoms with van der Waals surface area (Å²) in [6, 6.07) is 9.33. The molecule has 1 aromatic heterocycles. The Morgan fingerprint density at radius 3 is 2.41 bits per heavy atom. The summed E-state index contributed by atoms with van der Waals surface area (Å²) in [7, 11) is 0. The summed E-state index contributed by atoms with van der Waals surface area (Å²) in [5.41, 5.74) is 2.80. The van der Waals surface area contributed by atoms with E-state index in [1.165, 1.54) is 29.7 Å². The van der Waals surface area contributed by atoms with Gasteiger partial charge < -0.3 is 15.4 Å². The molecule has 29 heavy (non-hydrogen) atoms. The highest BCUT2D eigenvalue weighted by atomic mass is 32.1. The quantitative estimate of drug-likeness (QED) is 0.736. The van der Waals surface area contributed by atoms with E-state index < -0.39 is 0 Å². The molecule has 1 fully saturated rings. The van der Waals surface area contributed by atoms with Crippen molar-refractivity contribution in [2.24, 2.45) is 0 Å². The van der Waals surface area contributed by atoms with Crippen molar-refractivity contribution in [2.45, 2.75) is 32.1 Å². The molecule has 0 radical (unpaired) electrons. The molecule has 6 nitrogen and oxygen atoms in total. The van der Waals surface area contributed by atoms with Crippen LogP contribution < -0.4 is 10.6 Å². The number of benzene rings is 1. The van der Waals surface area contributed by atoms with Gasteiger partial charge in [-0.25, -0.2) is 0 Å². The molecule has 4 rings (SSSR count). The Kier molecular flexibility index (Phi) is 6.59. The van der Waals surface area contributed by atoms with Crippen molar-refractivity contribution < 1.29 is 14.3 Å². The van der Waals surface area contributed by atoms with E-state index in [0.717, 1.165) is 42.2 Å². The average Bonchev–Trinajstić information content (AvgIpc) is 3.01. The Morgan fingerprint density at radius 1 is 0.966 bits per heavy atom. The molecule has 1 aliphatic heterocycles. The monoisotopic (exact) mass is 413 g/mol. The predicted octanol–water partition coefficient (Wildman–Crippen LogP) is 3.54. The summed E-state index contributed by atoms with van der Waals surface area (Å²) >= 11 is 1.62. The van der Waals surface area contributed by atoms with E-state index in [1.54, 1.807) is 11.3 Å². The predicted molar refractivity (Wildman–Crippen MR) is 116 cm³/mol. The van der Waals surface area contributed by atoms with Crippen molar-refractivity contribution in [3.05, 3.63) is 45.6 Å². The van der Waals surface area contributed by atoms with E-state index in [2.05, 4.69) is 21.6 Å². The number of carbonyl (C=O) groups excluding carboxylic acids is 2. The van der Waals surface area contributed by atoms with Gasteiger partial charge in [0.05, 0.1) is 24.6 Å². The van der Waals surface area contributed by atoms with Gasteiger partial charge in [-0.1, -0.05) is 6.42 Å². The molecule has 0 saturated carbocycles. The number of thiophene rings is 1. The zero-order chi connectivity index (χ0) is 20.1. The highest BCUT2D eigenvalue weighted by Crippen LogP contribution is 2.29. The van der Waals surface area contributed by atoms with E-state index >= 15 is 0 Å². The third-order valence-corrected chi connectivity index (χ3v) is 6.60. The molecule has 7 heteroatoms. The molecule has 1 saturated heterocycles. The largest absolute Gasteiger partial charge is 0.379 e. The van der Waals surface area contributed by atoms with Gasteiger partial charge in [0.15, 0.2) is 0 Å². The SMILES string of the molecule is O=C(CN1CCOCC1)Nc1ccc(NC(=O)c2cc3c(s2)CCCCC3)cc1. The summed E-state index contributed by atoms with van der Waals surface area (Å²) in [4.78, 5) is 29.0. The molecular formula is C22H27N3O3S. The number of amides is 2. The number of nitrogens with zero attached hydrogens (tertiary/aromatic N) is 1. The van der Waals surface area contributed by atoms with Crippen LogP contribution in [0.25, 0.3) is 0 Å². The zero-order valence-corrected chi connectivity index (χ0v) is 17.4. The maximum absolute atomic E-state index is 12.6. The maximum atomic E-state index is 12.6. The number of rotatable bonds is 5. The van der Waals surface area contributed by atoms with Gasteiger partial charge in [-0.2, -0.15) is 0 Å². The van der Waals surface area contributed by atoms with Gasteiger partial charge in [0.25, 0.3) is 5.91 Å². The summed E-state index contributed by atoms with van der Waals surface area (Å²) in [6.45, 7) is 3.28. The average molecular weight is 414 g/mol.